The molecule has 2 aliphatic heterocycles. The first-order valence-electron chi connectivity index (χ1n) is 12.4. The van der Waals surface area contributed by atoms with Crippen molar-refractivity contribution >= 4 is 5.97 Å². The van der Waals surface area contributed by atoms with Gasteiger partial charge in [-0.2, -0.15) is 0 Å². The Morgan fingerprint density at radius 1 is 1.19 bits per heavy atom. The van der Waals surface area contributed by atoms with Crippen molar-refractivity contribution in [3.05, 3.63) is 47.5 Å². The Kier molecular flexibility index (Phi) is 5.71. The SMILES string of the molecule is C[C@@H]1CCC=C2C[C@H]3OC(=O)[C@@H](CN4CCC(O)(Cc5ccccc5)CC4)[C@H]3[C@@H](O)[C@@]21C. The Balaban J connectivity index is 1.26. The largest absolute Gasteiger partial charge is 0.461 e. The number of hydrogen-bond acceptors (Lipinski definition) is 5. The number of carbonyl (C=O) groups is 1. The molecule has 0 amide bonds. The van der Waals surface area contributed by atoms with E-state index in [0.29, 0.717) is 31.7 Å². The van der Waals surface area contributed by atoms with Gasteiger partial charge in [-0.1, -0.05) is 55.8 Å². The molecule has 2 saturated heterocycles. The lowest BCUT2D eigenvalue weighted by Gasteiger charge is -2.52. The first-order chi connectivity index (χ1) is 15.3. The molecule has 0 spiro atoms. The molecule has 1 aromatic rings. The third kappa shape index (κ3) is 3.72. The van der Waals surface area contributed by atoms with Crippen LogP contribution in [0.25, 0.3) is 0 Å². The molecule has 2 aliphatic carbocycles. The summed E-state index contributed by atoms with van der Waals surface area (Å²) in [6, 6.07) is 10.2. The number of esters is 1. The molecule has 4 aliphatic rings. The minimum Gasteiger partial charge on any atom is -0.461 e. The normalized spacial score (nSPS) is 39.1. The van der Waals surface area contributed by atoms with Crippen molar-refractivity contribution < 1.29 is 19.7 Å². The zero-order valence-electron chi connectivity index (χ0n) is 19.4. The zero-order chi connectivity index (χ0) is 22.5. The highest BCUT2D eigenvalue weighted by Crippen LogP contribution is 2.56. The number of fused-ring (bicyclic) bond motifs is 2. The van der Waals surface area contributed by atoms with E-state index in [1.807, 2.05) is 18.2 Å². The lowest BCUT2D eigenvalue weighted by atomic mass is 9.55. The number of aliphatic hydroxyl groups is 2. The molecule has 0 unspecified atom stereocenters. The van der Waals surface area contributed by atoms with E-state index in [0.717, 1.165) is 37.9 Å². The summed E-state index contributed by atoms with van der Waals surface area (Å²) in [7, 11) is 0. The van der Waals surface area contributed by atoms with Crippen LogP contribution in [0.1, 0.15) is 51.5 Å². The highest BCUT2D eigenvalue weighted by atomic mass is 16.6. The molecule has 1 saturated carbocycles. The van der Waals surface area contributed by atoms with Crippen molar-refractivity contribution in [2.75, 3.05) is 19.6 Å². The van der Waals surface area contributed by atoms with Crippen LogP contribution in [-0.2, 0) is 16.0 Å². The number of benzene rings is 1. The van der Waals surface area contributed by atoms with Gasteiger partial charge in [0.25, 0.3) is 0 Å². The number of aliphatic hydroxyl groups excluding tert-OH is 1. The van der Waals surface area contributed by atoms with Crippen molar-refractivity contribution in [1.29, 1.82) is 0 Å². The van der Waals surface area contributed by atoms with Gasteiger partial charge in [0.2, 0.25) is 0 Å². The number of allylic oxidation sites excluding steroid dienone is 1. The van der Waals surface area contributed by atoms with Gasteiger partial charge in [-0.05, 0) is 37.2 Å². The summed E-state index contributed by atoms with van der Waals surface area (Å²) in [5.74, 6) is -0.185. The van der Waals surface area contributed by atoms with Gasteiger partial charge < -0.3 is 19.8 Å². The van der Waals surface area contributed by atoms with E-state index in [1.165, 1.54) is 5.57 Å². The second-order valence-corrected chi connectivity index (χ2v) is 11.0. The van der Waals surface area contributed by atoms with Gasteiger partial charge in [-0.25, -0.2) is 0 Å². The quantitative estimate of drug-likeness (QED) is 0.556. The van der Waals surface area contributed by atoms with Crippen LogP contribution < -0.4 is 0 Å². The van der Waals surface area contributed by atoms with Crippen LogP contribution in [0.15, 0.2) is 42.0 Å². The van der Waals surface area contributed by atoms with Crippen LogP contribution >= 0.6 is 0 Å². The van der Waals surface area contributed by atoms with E-state index < -0.39 is 11.7 Å². The van der Waals surface area contributed by atoms with E-state index in [9.17, 15) is 15.0 Å². The fourth-order valence-corrected chi connectivity index (χ4v) is 6.86. The number of piperidine rings is 1. The van der Waals surface area contributed by atoms with Crippen LogP contribution in [-0.4, -0.2) is 58.5 Å². The molecule has 0 bridgehead atoms. The van der Waals surface area contributed by atoms with E-state index in [2.05, 4.69) is 37.0 Å². The van der Waals surface area contributed by atoms with E-state index in [1.54, 1.807) is 0 Å². The van der Waals surface area contributed by atoms with Crippen LogP contribution in [0.3, 0.4) is 0 Å². The Morgan fingerprint density at radius 2 is 1.91 bits per heavy atom. The molecule has 174 valence electrons. The van der Waals surface area contributed by atoms with Gasteiger partial charge in [0.15, 0.2) is 0 Å². The summed E-state index contributed by atoms with van der Waals surface area (Å²) in [6.45, 7) is 6.57. The Labute approximate surface area is 191 Å². The summed E-state index contributed by atoms with van der Waals surface area (Å²) in [6.07, 6.45) is 6.48. The summed E-state index contributed by atoms with van der Waals surface area (Å²) in [4.78, 5) is 15.2. The number of ether oxygens (including phenoxy) is 1. The highest BCUT2D eigenvalue weighted by molar-refractivity contribution is 5.76. The van der Waals surface area contributed by atoms with E-state index >= 15 is 0 Å². The summed E-state index contributed by atoms with van der Waals surface area (Å²) >= 11 is 0. The molecule has 5 nitrogen and oxygen atoms in total. The van der Waals surface area contributed by atoms with Crippen LogP contribution in [0, 0.1) is 23.2 Å². The van der Waals surface area contributed by atoms with E-state index in [-0.39, 0.29) is 29.3 Å². The molecule has 0 aromatic heterocycles. The zero-order valence-corrected chi connectivity index (χ0v) is 19.4. The maximum Gasteiger partial charge on any atom is 0.311 e. The van der Waals surface area contributed by atoms with Gasteiger partial charge in [-0.3, -0.25) is 4.79 Å². The summed E-state index contributed by atoms with van der Waals surface area (Å²) in [5.41, 5.74) is 1.49. The van der Waals surface area contributed by atoms with Crippen LogP contribution in [0.2, 0.25) is 0 Å². The van der Waals surface area contributed by atoms with Crippen LogP contribution in [0.5, 0.6) is 0 Å². The Morgan fingerprint density at radius 3 is 2.62 bits per heavy atom. The summed E-state index contributed by atoms with van der Waals surface area (Å²) < 4.78 is 5.82. The fourth-order valence-electron chi connectivity index (χ4n) is 6.86. The van der Waals surface area contributed by atoms with Gasteiger partial charge >= 0.3 is 5.97 Å². The first-order valence-corrected chi connectivity index (χ1v) is 12.4. The number of hydrogen-bond donors (Lipinski definition) is 2. The molecule has 0 radical (unpaired) electrons. The fraction of sp³-hybridized carbons (Fsp3) is 0.667. The Hall–Kier alpha value is -1.69. The smallest absolute Gasteiger partial charge is 0.311 e. The van der Waals surface area contributed by atoms with Gasteiger partial charge in [0.1, 0.15) is 6.10 Å². The Bertz CT molecular complexity index is 875. The lowest BCUT2D eigenvalue weighted by Crippen LogP contribution is -2.55. The van der Waals surface area contributed by atoms with Crippen molar-refractivity contribution in [2.24, 2.45) is 23.2 Å². The number of nitrogens with zero attached hydrogens (tertiary/aromatic N) is 1. The monoisotopic (exact) mass is 439 g/mol. The average Bonchev–Trinajstić information content (AvgIpc) is 3.08. The maximum atomic E-state index is 12.9. The molecule has 1 aromatic carbocycles. The maximum absolute atomic E-state index is 12.9. The first kappa shape index (κ1) is 22.1. The van der Waals surface area contributed by atoms with Gasteiger partial charge in [0.05, 0.1) is 17.6 Å². The van der Waals surface area contributed by atoms with Crippen molar-refractivity contribution in [1.82, 2.24) is 4.90 Å². The number of rotatable bonds is 4. The van der Waals surface area contributed by atoms with Gasteiger partial charge in [0, 0.05) is 43.8 Å². The third-order valence-electron chi connectivity index (χ3n) is 9.19. The third-order valence-corrected chi connectivity index (χ3v) is 9.19. The van der Waals surface area contributed by atoms with Crippen molar-refractivity contribution in [3.63, 3.8) is 0 Å². The minimum atomic E-state index is -0.689. The lowest BCUT2D eigenvalue weighted by molar-refractivity contribution is -0.145. The molecule has 6 atom stereocenters. The van der Waals surface area contributed by atoms with E-state index in [4.69, 9.17) is 4.74 Å². The highest BCUT2D eigenvalue weighted by Gasteiger charge is 2.59. The predicted molar refractivity (Wildman–Crippen MR) is 123 cm³/mol. The minimum absolute atomic E-state index is 0.143. The summed E-state index contributed by atoms with van der Waals surface area (Å²) in [5, 5.41) is 22.7. The standard InChI is InChI=1S/C27H37NO4/c1-18-7-6-10-20-15-22-23(24(29)26(18,20)2)21(25(30)32-22)17-28-13-11-27(31,12-14-28)16-19-8-4-3-5-9-19/h3-5,8-10,18,21-24,29,31H,6-7,11-17H2,1-2H3/t18-,21+,22-,23-,24-,26-/m1/s1. The topological polar surface area (TPSA) is 70.0 Å². The van der Waals surface area contributed by atoms with Gasteiger partial charge in [-0.15, -0.1) is 0 Å². The molecule has 3 fully saturated rings. The molecule has 5 rings (SSSR count). The molecule has 32 heavy (non-hydrogen) atoms. The van der Waals surface area contributed by atoms with Crippen molar-refractivity contribution in [3.8, 4) is 0 Å². The second kappa shape index (κ2) is 8.27. The molecule has 5 heteroatoms. The van der Waals surface area contributed by atoms with Crippen LogP contribution in [0.4, 0.5) is 0 Å². The number of carbonyl (C=O) groups excluding carboxylic acids is 1. The molecular weight excluding hydrogens is 402 g/mol. The number of likely N-dealkylation sites (tertiary alicyclic amines) is 1. The predicted octanol–water partition coefficient (Wildman–Crippen LogP) is 3.34. The second-order valence-electron chi connectivity index (χ2n) is 11.0. The molecule has 2 N–H and O–H groups in total. The van der Waals surface area contributed by atoms with Crippen molar-refractivity contribution in [2.45, 2.75) is 70.2 Å². The average molecular weight is 440 g/mol. The molecule has 2 heterocycles. The molecular formula is C27H37NO4.